The van der Waals surface area contributed by atoms with Gasteiger partial charge in [-0.25, -0.2) is 21.9 Å². The van der Waals surface area contributed by atoms with E-state index in [4.69, 9.17) is 11.6 Å². The summed E-state index contributed by atoms with van der Waals surface area (Å²) in [4.78, 5) is 1.62. The maximum Gasteiger partial charge on any atom is 0.243 e. The molecule has 0 aromatic heterocycles. The summed E-state index contributed by atoms with van der Waals surface area (Å²) < 4.78 is 53.9. The van der Waals surface area contributed by atoms with Gasteiger partial charge in [0.25, 0.3) is 0 Å². The third-order valence-corrected chi connectivity index (χ3v) is 6.64. The topological polar surface area (TPSA) is 49.4 Å². The molecule has 2 aromatic rings. The van der Waals surface area contributed by atoms with Crippen LogP contribution < -0.4 is 4.72 Å². The van der Waals surface area contributed by atoms with Crippen LogP contribution in [0.15, 0.2) is 47.4 Å². The lowest BCUT2D eigenvalue weighted by Crippen LogP contribution is -2.38. The highest BCUT2D eigenvalue weighted by Gasteiger charge is 2.25. The van der Waals surface area contributed by atoms with Crippen LogP contribution in [0.25, 0.3) is 0 Å². The number of nitrogens with zero attached hydrogens (tertiary/aromatic N) is 1. The molecule has 0 unspecified atom stereocenters. The number of rotatable bonds is 6. The first kappa shape index (κ1) is 20.2. The highest BCUT2D eigenvalue weighted by Crippen LogP contribution is 2.23. The standard InChI is InChI=1S/C19H21ClF2N2O2S/c20-16-5-2-1-4-15(16)13-24-10-8-14(9-11-24)12-23-27(25,26)18-7-3-6-17(21)19(18)22/h1-7,14,23H,8-13H2. The van der Waals surface area contributed by atoms with Gasteiger partial charge in [-0.3, -0.25) is 4.90 Å². The van der Waals surface area contributed by atoms with Crippen molar-refractivity contribution in [2.45, 2.75) is 24.3 Å². The number of nitrogens with one attached hydrogen (secondary N) is 1. The van der Waals surface area contributed by atoms with Crippen molar-refractivity contribution in [2.24, 2.45) is 5.92 Å². The Kier molecular flexibility index (Phi) is 6.47. The summed E-state index contributed by atoms with van der Waals surface area (Å²) in [6.07, 6.45) is 1.64. The van der Waals surface area contributed by atoms with Crippen LogP contribution in [-0.4, -0.2) is 33.0 Å². The quantitative estimate of drug-likeness (QED) is 0.782. The number of likely N-dealkylation sites (tertiary alicyclic amines) is 1. The molecule has 0 spiro atoms. The minimum Gasteiger partial charge on any atom is -0.299 e. The van der Waals surface area contributed by atoms with E-state index in [0.717, 1.165) is 55.2 Å². The molecule has 1 aliphatic rings. The predicted octanol–water partition coefficient (Wildman–Crippen LogP) is 3.81. The van der Waals surface area contributed by atoms with Gasteiger partial charge in [-0.15, -0.1) is 0 Å². The van der Waals surface area contributed by atoms with E-state index in [9.17, 15) is 17.2 Å². The molecule has 0 atom stereocenters. The molecule has 0 radical (unpaired) electrons. The van der Waals surface area contributed by atoms with E-state index in [1.807, 2.05) is 24.3 Å². The highest BCUT2D eigenvalue weighted by molar-refractivity contribution is 7.89. The van der Waals surface area contributed by atoms with E-state index in [1.54, 1.807) is 0 Å². The van der Waals surface area contributed by atoms with E-state index in [0.29, 0.717) is 0 Å². The maximum absolute atomic E-state index is 13.7. The van der Waals surface area contributed by atoms with Gasteiger partial charge in [-0.05, 0) is 55.6 Å². The van der Waals surface area contributed by atoms with Gasteiger partial charge < -0.3 is 0 Å². The normalized spacial score (nSPS) is 16.6. The van der Waals surface area contributed by atoms with E-state index >= 15 is 0 Å². The van der Waals surface area contributed by atoms with Crippen LogP contribution in [0.2, 0.25) is 5.02 Å². The second-order valence-corrected chi connectivity index (χ2v) is 8.86. The molecule has 1 saturated heterocycles. The Morgan fingerprint density at radius 2 is 1.78 bits per heavy atom. The van der Waals surface area contributed by atoms with Crippen molar-refractivity contribution in [2.75, 3.05) is 19.6 Å². The van der Waals surface area contributed by atoms with Crippen molar-refractivity contribution in [1.82, 2.24) is 9.62 Å². The van der Waals surface area contributed by atoms with Gasteiger partial charge in [0.2, 0.25) is 10.0 Å². The first-order valence-corrected chi connectivity index (χ1v) is 10.6. The number of halogens is 3. The molecule has 1 N–H and O–H groups in total. The van der Waals surface area contributed by atoms with E-state index in [1.165, 1.54) is 6.07 Å². The lowest BCUT2D eigenvalue weighted by atomic mass is 9.97. The van der Waals surface area contributed by atoms with E-state index < -0.39 is 26.6 Å². The molecule has 27 heavy (non-hydrogen) atoms. The van der Waals surface area contributed by atoms with Crippen molar-refractivity contribution < 1.29 is 17.2 Å². The molecular weight excluding hydrogens is 394 g/mol. The number of hydrogen-bond acceptors (Lipinski definition) is 3. The fraction of sp³-hybridized carbons (Fsp3) is 0.368. The zero-order valence-electron chi connectivity index (χ0n) is 14.7. The van der Waals surface area contributed by atoms with Crippen molar-refractivity contribution in [3.8, 4) is 0 Å². The Hall–Kier alpha value is -1.54. The largest absolute Gasteiger partial charge is 0.299 e. The van der Waals surface area contributed by atoms with E-state index in [-0.39, 0.29) is 12.5 Å². The molecule has 1 heterocycles. The minimum absolute atomic E-state index is 0.152. The monoisotopic (exact) mass is 414 g/mol. The van der Waals surface area contributed by atoms with Gasteiger partial charge >= 0.3 is 0 Å². The number of hydrogen-bond donors (Lipinski definition) is 1. The molecule has 2 aromatic carbocycles. The Morgan fingerprint density at radius 1 is 1.07 bits per heavy atom. The summed E-state index contributed by atoms with van der Waals surface area (Å²) in [6, 6.07) is 10.8. The van der Waals surface area contributed by atoms with Crippen molar-refractivity contribution in [3.05, 3.63) is 64.7 Å². The fourth-order valence-electron chi connectivity index (χ4n) is 3.21. The van der Waals surface area contributed by atoms with Gasteiger partial charge in [-0.2, -0.15) is 0 Å². The molecule has 4 nitrogen and oxygen atoms in total. The zero-order chi connectivity index (χ0) is 19.4. The Labute approximate surface area is 163 Å². The predicted molar refractivity (Wildman–Crippen MR) is 101 cm³/mol. The Bertz CT molecular complexity index is 900. The highest BCUT2D eigenvalue weighted by atomic mass is 35.5. The summed E-state index contributed by atoms with van der Waals surface area (Å²) in [7, 11) is -4.08. The van der Waals surface area contributed by atoms with Gasteiger partial charge in [0.15, 0.2) is 11.6 Å². The average Bonchev–Trinajstić information content (AvgIpc) is 2.65. The SMILES string of the molecule is O=S(=O)(NCC1CCN(Cc2ccccc2Cl)CC1)c1cccc(F)c1F. The second-order valence-electron chi connectivity index (χ2n) is 6.71. The third kappa shape index (κ3) is 5.04. The molecule has 0 aliphatic carbocycles. The average molecular weight is 415 g/mol. The van der Waals surface area contributed by atoms with Crippen molar-refractivity contribution in [1.29, 1.82) is 0 Å². The third-order valence-electron chi connectivity index (χ3n) is 4.83. The molecule has 0 amide bonds. The Balaban J connectivity index is 1.52. The van der Waals surface area contributed by atoms with Crippen molar-refractivity contribution >= 4 is 21.6 Å². The van der Waals surface area contributed by atoms with Crippen LogP contribution in [0.4, 0.5) is 8.78 Å². The van der Waals surface area contributed by atoms with Crippen LogP contribution in [-0.2, 0) is 16.6 Å². The van der Waals surface area contributed by atoms with Gasteiger partial charge in [0.05, 0.1) is 0 Å². The van der Waals surface area contributed by atoms with Gasteiger partial charge in [0, 0.05) is 18.1 Å². The smallest absolute Gasteiger partial charge is 0.243 e. The zero-order valence-corrected chi connectivity index (χ0v) is 16.2. The summed E-state index contributed by atoms with van der Waals surface area (Å²) in [5, 5.41) is 0.740. The maximum atomic E-state index is 13.7. The molecule has 1 fully saturated rings. The van der Waals surface area contributed by atoms with Crippen molar-refractivity contribution in [3.63, 3.8) is 0 Å². The Morgan fingerprint density at radius 3 is 2.48 bits per heavy atom. The first-order valence-electron chi connectivity index (χ1n) is 8.76. The molecule has 0 saturated carbocycles. The van der Waals surface area contributed by atoms with Gasteiger partial charge in [0.1, 0.15) is 4.90 Å². The second kappa shape index (κ2) is 8.65. The van der Waals surface area contributed by atoms with Crippen LogP contribution in [0.1, 0.15) is 18.4 Å². The molecule has 8 heteroatoms. The molecule has 1 aliphatic heterocycles. The number of piperidine rings is 1. The molecule has 0 bridgehead atoms. The lowest BCUT2D eigenvalue weighted by Gasteiger charge is -2.32. The molecule has 146 valence electrons. The fourth-order valence-corrected chi connectivity index (χ4v) is 4.61. The van der Waals surface area contributed by atoms with Crippen LogP contribution >= 0.6 is 11.6 Å². The molecular formula is C19H21ClF2N2O2S. The molecule has 3 rings (SSSR count). The summed E-state index contributed by atoms with van der Waals surface area (Å²) in [5.74, 6) is -2.37. The number of benzene rings is 2. The number of sulfonamides is 1. The minimum atomic E-state index is -4.08. The lowest BCUT2D eigenvalue weighted by molar-refractivity contribution is 0.178. The van der Waals surface area contributed by atoms with Crippen LogP contribution in [0, 0.1) is 17.6 Å². The first-order chi connectivity index (χ1) is 12.9. The van der Waals surface area contributed by atoms with Gasteiger partial charge in [-0.1, -0.05) is 35.9 Å². The van der Waals surface area contributed by atoms with Crippen LogP contribution in [0.5, 0.6) is 0 Å². The van der Waals surface area contributed by atoms with E-state index in [2.05, 4.69) is 9.62 Å². The van der Waals surface area contributed by atoms with Crippen LogP contribution in [0.3, 0.4) is 0 Å². The summed E-state index contributed by atoms with van der Waals surface area (Å²) >= 11 is 6.19. The summed E-state index contributed by atoms with van der Waals surface area (Å²) in [5.41, 5.74) is 1.07. The summed E-state index contributed by atoms with van der Waals surface area (Å²) in [6.45, 7) is 2.61.